The van der Waals surface area contributed by atoms with Gasteiger partial charge in [-0.25, -0.2) is 24.5 Å². The smallest absolute Gasteiger partial charge is 0.435 e. The normalized spacial score (nSPS) is 18.2. The Bertz CT molecular complexity index is 2200. The first kappa shape index (κ1) is 33.6. The number of nitrogens with one attached hydrogen (secondary N) is 1. The Balaban J connectivity index is 1.31. The van der Waals surface area contributed by atoms with Gasteiger partial charge >= 0.3 is 12.2 Å². The zero-order chi connectivity index (χ0) is 36.5. The van der Waals surface area contributed by atoms with Crippen LogP contribution >= 0.6 is 0 Å². The Kier molecular flexibility index (Phi) is 7.80. The van der Waals surface area contributed by atoms with Crippen LogP contribution < -0.4 is 19.7 Å². The van der Waals surface area contributed by atoms with Gasteiger partial charge in [-0.15, -0.1) is 5.10 Å². The Labute approximate surface area is 293 Å². The standard InChI is InChI=1S/C37H38N6O8/c1-35(2,3)50-33(45)42-27-12-10-22(47-7)17-24(27)37(32(42)44)18-25(37)20-9-11-23-28(16-20)43(34(46)51-36(4,5)6)41-29(23)40-26-15-21(19-39-31(26)48-8)30-38-13-14-49-30/h9-17,19,25H,18H2,1-8H3,(H,40,41)/t25-,37-/m0/s1. The van der Waals surface area contributed by atoms with Gasteiger partial charge in [-0.1, -0.05) is 6.07 Å². The van der Waals surface area contributed by atoms with Crippen molar-refractivity contribution < 1.29 is 37.7 Å². The minimum atomic E-state index is -1.04. The van der Waals surface area contributed by atoms with Crippen molar-refractivity contribution in [3.05, 3.63) is 72.2 Å². The summed E-state index contributed by atoms with van der Waals surface area (Å²) in [4.78, 5) is 51.0. The van der Waals surface area contributed by atoms with E-state index in [9.17, 15) is 14.4 Å². The van der Waals surface area contributed by atoms with Crippen LogP contribution in [0.2, 0.25) is 0 Å². The molecule has 0 radical (unpaired) electrons. The first-order valence-corrected chi connectivity index (χ1v) is 16.4. The first-order valence-electron chi connectivity index (χ1n) is 16.4. The molecule has 1 spiro atoms. The van der Waals surface area contributed by atoms with Crippen molar-refractivity contribution in [3.8, 4) is 23.1 Å². The molecule has 14 heteroatoms. The molecule has 51 heavy (non-hydrogen) atoms. The predicted molar refractivity (Wildman–Crippen MR) is 187 cm³/mol. The second-order valence-corrected chi connectivity index (χ2v) is 14.5. The minimum Gasteiger partial charge on any atom is -0.497 e. The number of methoxy groups -OCH3 is 2. The third kappa shape index (κ3) is 5.89. The summed E-state index contributed by atoms with van der Waals surface area (Å²) in [6.07, 6.45) is 3.57. The van der Waals surface area contributed by atoms with E-state index in [2.05, 4.69) is 20.4 Å². The highest BCUT2D eigenvalue weighted by Gasteiger charge is 2.68. The molecule has 3 aromatic heterocycles. The van der Waals surface area contributed by atoms with E-state index in [-0.39, 0.29) is 17.7 Å². The van der Waals surface area contributed by atoms with Crippen LogP contribution in [-0.2, 0) is 19.7 Å². The number of carbonyl (C=O) groups is 3. The molecule has 2 amide bonds. The van der Waals surface area contributed by atoms with Crippen molar-refractivity contribution >= 4 is 46.2 Å². The van der Waals surface area contributed by atoms with Crippen LogP contribution in [0.1, 0.15) is 65.0 Å². The van der Waals surface area contributed by atoms with Gasteiger partial charge in [0, 0.05) is 17.5 Å². The van der Waals surface area contributed by atoms with Crippen LogP contribution in [0.25, 0.3) is 22.4 Å². The SMILES string of the molecule is COc1ccc2c(c1)[C@]1(C[C@H]1c1ccc3c(Nc4cc(-c5ncco5)cnc4OC)nn(C(=O)OC(C)(C)C)c3c1)C(=O)N2C(=O)OC(C)(C)C. The number of benzene rings is 2. The fourth-order valence-corrected chi connectivity index (χ4v) is 6.51. The third-order valence-electron chi connectivity index (χ3n) is 8.70. The minimum absolute atomic E-state index is 0.283. The van der Waals surface area contributed by atoms with Gasteiger partial charge in [-0.2, -0.15) is 4.68 Å². The number of nitrogens with zero attached hydrogens (tertiary/aromatic N) is 5. The van der Waals surface area contributed by atoms with Crippen LogP contribution in [0.4, 0.5) is 26.8 Å². The maximum atomic E-state index is 14.3. The lowest BCUT2D eigenvalue weighted by atomic mass is 9.91. The predicted octanol–water partition coefficient (Wildman–Crippen LogP) is 7.34. The van der Waals surface area contributed by atoms with Crippen molar-refractivity contribution in [2.24, 2.45) is 0 Å². The van der Waals surface area contributed by atoms with Crippen LogP contribution in [0.15, 0.2) is 65.5 Å². The molecule has 0 saturated heterocycles. The van der Waals surface area contributed by atoms with Gasteiger partial charge in [0.2, 0.25) is 17.7 Å². The molecule has 2 atom stereocenters. The average molecular weight is 695 g/mol. The molecule has 14 nitrogen and oxygen atoms in total. The van der Waals surface area contributed by atoms with E-state index < -0.39 is 28.8 Å². The Morgan fingerprint density at radius 2 is 1.69 bits per heavy atom. The molecular weight excluding hydrogens is 656 g/mol. The topological polar surface area (TPSA) is 160 Å². The lowest BCUT2D eigenvalue weighted by molar-refractivity contribution is -0.120. The van der Waals surface area contributed by atoms with Crippen LogP contribution in [0.3, 0.4) is 0 Å². The molecule has 1 aliphatic carbocycles. The summed E-state index contributed by atoms with van der Waals surface area (Å²) >= 11 is 0. The molecule has 1 saturated carbocycles. The fourth-order valence-electron chi connectivity index (χ4n) is 6.51. The van der Waals surface area contributed by atoms with Crippen LogP contribution in [0, 0.1) is 0 Å². The van der Waals surface area contributed by atoms with Crippen molar-refractivity contribution in [2.75, 3.05) is 24.4 Å². The Hall–Kier alpha value is -5.92. The Morgan fingerprint density at radius 3 is 2.35 bits per heavy atom. The summed E-state index contributed by atoms with van der Waals surface area (Å²) in [6.45, 7) is 10.6. The quantitative estimate of drug-likeness (QED) is 0.189. The number of ether oxygens (including phenoxy) is 4. The number of amides is 2. The second kappa shape index (κ2) is 11.9. The summed E-state index contributed by atoms with van der Waals surface area (Å²) in [5, 5.41) is 8.51. The van der Waals surface area contributed by atoms with Crippen LogP contribution in [0.5, 0.6) is 11.6 Å². The largest absolute Gasteiger partial charge is 0.497 e. The highest BCUT2D eigenvalue weighted by molar-refractivity contribution is 6.23. The van der Waals surface area contributed by atoms with Gasteiger partial charge in [0.15, 0.2) is 5.82 Å². The number of carbonyl (C=O) groups excluding carboxylic acids is 3. The molecule has 2 aliphatic rings. The lowest BCUT2D eigenvalue weighted by Gasteiger charge is -2.24. The monoisotopic (exact) mass is 694 g/mol. The number of pyridine rings is 1. The van der Waals surface area contributed by atoms with E-state index in [1.807, 2.05) is 18.2 Å². The van der Waals surface area contributed by atoms with Crippen molar-refractivity contribution in [2.45, 2.75) is 70.5 Å². The molecular formula is C37H38N6O8. The van der Waals surface area contributed by atoms with Crippen molar-refractivity contribution in [1.29, 1.82) is 0 Å². The zero-order valence-corrected chi connectivity index (χ0v) is 29.6. The number of rotatable bonds is 6. The van der Waals surface area contributed by atoms with E-state index in [0.717, 1.165) is 10.5 Å². The maximum absolute atomic E-state index is 14.3. The number of anilines is 3. The number of hydrogen-bond acceptors (Lipinski definition) is 12. The molecule has 7 rings (SSSR count). The summed E-state index contributed by atoms with van der Waals surface area (Å²) in [5.41, 5.74) is 0.761. The highest BCUT2D eigenvalue weighted by Crippen LogP contribution is 2.67. The third-order valence-corrected chi connectivity index (χ3v) is 8.70. The summed E-state index contributed by atoms with van der Waals surface area (Å²) in [5.74, 6) is 0.840. The van der Waals surface area contributed by atoms with E-state index in [1.165, 1.54) is 24.3 Å². The van der Waals surface area contributed by atoms with Crippen molar-refractivity contribution in [1.82, 2.24) is 19.7 Å². The molecule has 0 bridgehead atoms. The molecule has 4 heterocycles. The summed E-state index contributed by atoms with van der Waals surface area (Å²) in [6, 6.07) is 12.5. The van der Waals surface area contributed by atoms with E-state index in [1.54, 1.807) is 79.1 Å². The van der Waals surface area contributed by atoms with Gasteiger partial charge in [-0.3, -0.25) is 4.79 Å². The number of oxazole rings is 1. The molecule has 1 fully saturated rings. The van der Waals surface area contributed by atoms with Gasteiger partial charge in [0.25, 0.3) is 0 Å². The summed E-state index contributed by atoms with van der Waals surface area (Å²) in [7, 11) is 3.05. The summed E-state index contributed by atoms with van der Waals surface area (Å²) < 4.78 is 29.1. The second-order valence-electron chi connectivity index (χ2n) is 14.5. The van der Waals surface area contributed by atoms with Gasteiger partial charge in [-0.05, 0) is 95.5 Å². The molecule has 1 N–H and O–H groups in total. The van der Waals surface area contributed by atoms with E-state index >= 15 is 0 Å². The fraction of sp³-hybridized carbons (Fsp3) is 0.351. The number of fused-ring (bicyclic) bond motifs is 3. The van der Waals surface area contributed by atoms with Crippen LogP contribution in [-0.4, -0.2) is 63.3 Å². The molecule has 2 aromatic carbocycles. The molecule has 0 unspecified atom stereocenters. The highest BCUT2D eigenvalue weighted by atomic mass is 16.6. The van der Waals surface area contributed by atoms with E-state index in [4.69, 9.17) is 23.4 Å². The number of imide groups is 1. The average Bonchev–Trinajstić information content (AvgIpc) is 3.30. The number of hydrogen-bond donors (Lipinski definition) is 1. The van der Waals surface area contributed by atoms with Gasteiger partial charge in [0.05, 0.1) is 42.6 Å². The first-order chi connectivity index (χ1) is 24.1. The number of aromatic nitrogens is 4. The Morgan fingerprint density at radius 1 is 0.941 bits per heavy atom. The van der Waals surface area contributed by atoms with Crippen molar-refractivity contribution in [3.63, 3.8) is 0 Å². The molecule has 1 aliphatic heterocycles. The maximum Gasteiger partial charge on any atom is 0.435 e. The lowest BCUT2D eigenvalue weighted by Crippen LogP contribution is -2.41. The van der Waals surface area contributed by atoms with E-state index in [0.29, 0.717) is 57.3 Å². The zero-order valence-electron chi connectivity index (χ0n) is 29.6. The van der Waals surface area contributed by atoms with Gasteiger partial charge in [0.1, 0.15) is 28.9 Å². The molecule has 264 valence electrons. The molecule has 5 aromatic rings. The van der Waals surface area contributed by atoms with Gasteiger partial charge < -0.3 is 28.7 Å².